The second-order valence-electron chi connectivity index (χ2n) is 5.80. The molecule has 112 valence electrons. The fourth-order valence-corrected chi connectivity index (χ4v) is 2.47. The van der Waals surface area contributed by atoms with Crippen molar-refractivity contribution in [2.45, 2.75) is 58.8 Å². The van der Waals surface area contributed by atoms with Crippen molar-refractivity contribution in [3.05, 3.63) is 11.4 Å². The molecule has 1 fully saturated rings. The molecule has 1 atom stereocenters. The first kappa shape index (κ1) is 14.8. The van der Waals surface area contributed by atoms with Crippen molar-refractivity contribution in [3.8, 4) is 0 Å². The minimum Gasteiger partial charge on any atom is -0.458 e. The van der Waals surface area contributed by atoms with E-state index in [1.165, 1.54) is 0 Å². The van der Waals surface area contributed by atoms with E-state index in [-0.39, 0.29) is 18.3 Å². The summed E-state index contributed by atoms with van der Waals surface area (Å²) >= 11 is 0. The topological polar surface area (TPSA) is 79.4 Å². The van der Waals surface area contributed by atoms with Gasteiger partial charge in [-0.2, -0.15) is 5.10 Å². The lowest BCUT2D eigenvalue weighted by molar-refractivity contribution is -0.0447. The number of esters is 1. The third kappa shape index (κ3) is 2.95. The van der Waals surface area contributed by atoms with E-state index in [1.54, 1.807) is 11.6 Å². The van der Waals surface area contributed by atoms with Crippen LogP contribution in [0.5, 0.6) is 0 Å². The maximum atomic E-state index is 12.2. The molecular formula is C14H23N3O3. The lowest BCUT2D eigenvalue weighted by Gasteiger charge is -2.19. The number of aryl methyl sites for hydroxylation is 2. The predicted molar refractivity (Wildman–Crippen MR) is 75.5 cm³/mol. The zero-order chi connectivity index (χ0) is 14.9. The number of rotatable bonds is 4. The van der Waals surface area contributed by atoms with Crippen LogP contribution >= 0.6 is 0 Å². The number of anilines is 1. The summed E-state index contributed by atoms with van der Waals surface area (Å²) in [5, 5.41) is 4.21. The third-order valence-electron chi connectivity index (χ3n) is 3.62. The minimum atomic E-state index is -0.432. The molecule has 1 aromatic heterocycles. The Morgan fingerprint density at radius 1 is 1.60 bits per heavy atom. The summed E-state index contributed by atoms with van der Waals surface area (Å²) in [5.74, 6) is -0.432. The van der Waals surface area contributed by atoms with E-state index in [1.807, 2.05) is 20.8 Å². The Hall–Kier alpha value is -1.56. The van der Waals surface area contributed by atoms with E-state index in [0.717, 1.165) is 12.8 Å². The van der Waals surface area contributed by atoms with Gasteiger partial charge in [-0.3, -0.25) is 4.68 Å². The summed E-state index contributed by atoms with van der Waals surface area (Å²) in [6.45, 7) is 8.61. The second kappa shape index (κ2) is 5.44. The molecule has 1 aromatic rings. The van der Waals surface area contributed by atoms with E-state index < -0.39 is 5.97 Å². The van der Waals surface area contributed by atoms with Gasteiger partial charge in [0.05, 0.1) is 23.1 Å². The number of ether oxygens (including phenoxy) is 2. The van der Waals surface area contributed by atoms with E-state index >= 15 is 0 Å². The number of aromatic nitrogens is 2. The Morgan fingerprint density at radius 3 is 2.85 bits per heavy atom. The molecule has 0 amide bonds. The molecule has 1 aliphatic heterocycles. The van der Waals surface area contributed by atoms with Crippen LogP contribution < -0.4 is 5.73 Å². The van der Waals surface area contributed by atoms with E-state index in [9.17, 15) is 4.79 Å². The Kier molecular flexibility index (Phi) is 4.04. The number of carbonyl (C=O) groups is 1. The van der Waals surface area contributed by atoms with Gasteiger partial charge >= 0.3 is 5.97 Å². The molecule has 20 heavy (non-hydrogen) atoms. The molecular weight excluding hydrogens is 258 g/mol. The number of carbonyl (C=O) groups excluding carboxylic acids is 1. The van der Waals surface area contributed by atoms with Crippen molar-refractivity contribution in [1.29, 1.82) is 0 Å². The van der Waals surface area contributed by atoms with Gasteiger partial charge in [-0.05, 0) is 40.5 Å². The molecule has 0 spiro atoms. The maximum absolute atomic E-state index is 12.2. The van der Waals surface area contributed by atoms with Crippen LogP contribution in [0.4, 0.5) is 5.69 Å². The molecule has 0 saturated carbocycles. The third-order valence-corrected chi connectivity index (χ3v) is 3.62. The van der Waals surface area contributed by atoms with Crippen LogP contribution in [0.15, 0.2) is 0 Å². The maximum Gasteiger partial charge on any atom is 0.358 e. The summed E-state index contributed by atoms with van der Waals surface area (Å²) in [4.78, 5) is 12.2. The molecule has 0 radical (unpaired) electrons. The van der Waals surface area contributed by atoms with Gasteiger partial charge in [0, 0.05) is 6.54 Å². The first-order valence-corrected chi connectivity index (χ1v) is 7.02. The van der Waals surface area contributed by atoms with Gasteiger partial charge < -0.3 is 15.2 Å². The molecule has 6 heteroatoms. The molecule has 2 N–H and O–H groups in total. The highest BCUT2D eigenvalue weighted by Gasteiger charge is 2.32. The smallest absolute Gasteiger partial charge is 0.358 e. The Labute approximate surface area is 119 Å². The van der Waals surface area contributed by atoms with Gasteiger partial charge in [0.15, 0.2) is 5.69 Å². The first-order chi connectivity index (χ1) is 9.34. The first-order valence-electron chi connectivity index (χ1n) is 7.02. The average molecular weight is 281 g/mol. The number of hydrogen-bond acceptors (Lipinski definition) is 5. The Balaban J connectivity index is 1.99. The summed E-state index contributed by atoms with van der Waals surface area (Å²) in [5.41, 5.74) is 7.14. The number of nitrogens with two attached hydrogens (primary N) is 1. The van der Waals surface area contributed by atoms with Crippen LogP contribution in [-0.4, -0.2) is 34.1 Å². The van der Waals surface area contributed by atoms with Crippen molar-refractivity contribution in [1.82, 2.24) is 9.78 Å². The molecule has 2 heterocycles. The van der Waals surface area contributed by atoms with Gasteiger partial charge in [0.2, 0.25) is 0 Å². The van der Waals surface area contributed by atoms with Crippen LogP contribution in [0.1, 0.15) is 49.8 Å². The Bertz CT molecular complexity index is 508. The molecule has 0 aromatic carbocycles. The second-order valence-corrected chi connectivity index (χ2v) is 5.80. The highest BCUT2D eigenvalue weighted by Crippen LogP contribution is 2.29. The van der Waals surface area contributed by atoms with Gasteiger partial charge in [0.25, 0.3) is 0 Å². The molecule has 1 saturated heterocycles. The van der Waals surface area contributed by atoms with Crippen LogP contribution in [0, 0.1) is 6.92 Å². The van der Waals surface area contributed by atoms with Crippen molar-refractivity contribution in [3.63, 3.8) is 0 Å². The number of nitrogen functional groups attached to an aromatic ring is 1. The van der Waals surface area contributed by atoms with E-state index in [0.29, 0.717) is 23.6 Å². The van der Waals surface area contributed by atoms with Crippen molar-refractivity contribution < 1.29 is 14.3 Å². The molecule has 0 aliphatic carbocycles. The van der Waals surface area contributed by atoms with E-state index in [4.69, 9.17) is 15.2 Å². The summed E-state index contributed by atoms with van der Waals surface area (Å²) in [7, 11) is 0. The summed E-state index contributed by atoms with van der Waals surface area (Å²) in [6.07, 6.45) is 1.85. The van der Waals surface area contributed by atoms with Crippen LogP contribution in [-0.2, 0) is 16.0 Å². The largest absolute Gasteiger partial charge is 0.458 e. The Morgan fingerprint density at radius 2 is 2.30 bits per heavy atom. The zero-order valence-corrected chi connectivity index (χ0v) is 12.6. The van der Waals surface area contributed by atoms with Crippen LogP contribution in [0.25, 0.3) is 0 Å². The van der Waals surface area contributed by atoms with Crippen molar-refractivity contribution in [2.75, 3.05) is 12.3 Å². The quantitative estimate of drug-likeness (QED) is 0.853. The zero-order valence-electron chi connectivity index (χ0n) is 12.6. The number of nitrogens with zero attached hydrogens (tertiary/aromatic N) is 2. The number of hydrogen-bond donors (Lipinski definition) is 1. The predicted octanol–water partition coefficient (Wildman–Crippen LogP) is 1.91. The monoisotopic (exact) mass is 281 g/mol. The fourth-order valence-electron chi connectivity index (χ4n) is 2.47. The average Bonchev–Trinajstić information content (AvgIpc) is 2.87. The fraction of sp³-hybridized carbons (Fsp3) is 0.714. The molecule has 1 unspecified atom stereocenters. The van der Waals surface area contributed by atoms with E-state index in [2.05, 4.69) is 5.10 Å². The molecule has 6 nitrogen and oxygen atoms in total. The SMILES string of the molecule is CCn1nc(C)c(N)c1C(=O)OCC1CCC(C)(C)O1. The summed E-state index contributed by atoms with van der Waals surface area (Å²) < 4.78 is 12.7. The minimum absolute atomic E-state index is 0.0331. The van der Waals surface area contributed by atoms with Crippen LogP contribution in [0.3, 0.4) is 0 Å². The highest BCUT2D eigenvalue weighted by atomic mass is 16.6. The lowest BCUT2D eigenvalue weighted by Crippen LogP contribution is -2.25. The molecule has 1 aliphatic rings. The van der Waals surface area contributed by atoms with Crippen molar-refractivity contribution >= 4 is 11.7 Å². The lowest BCUT2D eigenvalue weighted by atomic mass is 10.1. The van der Waals surface area contributed by atoms with Gasteiger partial charge in [0.1, 0.15) is 6.61 Å². The van der Waals surface area contributed by atoms with Crippen LogP contribution in [0.2, 0.25) is 0 Å². The van der Waals surface area contributed by atoms with Gasteiger partial charge in [-0.1, -0.05) is 0 Å². The van der Waals surface area contributed by atoms with Gasteiger partial charge in [-0.25, -0.2) is 4.79 Å². The summed E-state index contributed by atoms with van der Waals surface area (Å²) in [6, 6.07) is 0. The molecule has 2 rings (SSSR count). The normalized spacial score (nSPS) is 21.1. The standard InChI is InChI=1S/C14H23N3O3/c1-5-17-12(11(15)9(2)16-17)13(18)19-8-10-6-7-14(3,4)20-10/h10H,5-8,15H2,1-4H3. The highest BCUT2D eigenvalue weighted by molar-refractivity contribution is 5.93. The van der Waals surface area contributed by atoms with Gasteiger partial charge in [-0.15, -0.1) is 0 Å². The van der Waals surface area contributed by atoms with Crippen molar-refractivity contribution in [2.24, 2.45) is 0 Å². The molecule has 0 bridgehead atoms.